The van der Waals surface area contributed by atoms with Crippen LogP contribution in [0.1, 0.15) is 30.5 Å². The zero-order valence-corrected chi connectivity index (χ0v) is 17.3. The predicted octanol–water partition coefficient (Wildman–Crippen LogP) is 3.48. The molecule has 2 aromatic carbocycles. The second-order valence-electron chi connectivity index (χ2n) is 7.35. The summed E-state index contributed by atoms with van der Waals surface area (Å²) in [5.41, 5.74) is 4.08. The normalized spacial score (nSPS) is 13.0. The van der Waals surface area contributed by atoms with Crippen LogP contribution in [0.3, 0.4) is 0 Å². The Hall–Kier alpha value is -3.78. The van der Waals surface area contributed by atoms with Gasteiger partial charge in [0.15, 0.2) is 0 Å². The summed E-state index contributed by atoms with van der Waals surface area (Å²) in [7, 11) is 0. The summed E-state index contributed by atoms with van der Waals surface area (Å²) in [6, 6.07) is 19.0. The lowest BCUT2D eigenvalue weighted by Gasteiger charge is -2.10. The molecule has 1 aliphatic carbocycles. The van der Waals surface area contributed by atoms with Gasteiger partial charge in [-0.15, -0.1) is 11.3 Å². The van der Waals surface area contributed by atoms with Gasteiger partial charge in [-0.1, -0.05) is 24.3 Å². The van der Waals surface area contributed by atoms with Crippen molar-refractivity contribution in [2.45, 2.75) is 18.9 Å². The van der Waals surface area contributed by atoms with E-state index in [4.69, 9.17) is 0 Å². The summed E-state index contributed by atoms with van der Waals surface area (Å²) in [5.74, 6) is -0.384. The van der Waals surface area contributed by atoms with Crippen LogP contribution in [0, 0.1) is 0 Å². The first-order chi connectivity index (χ1) is 15.2. The Bertz CT molecular complexity index is 1210. The SMILES string of the molecule is O=C(Nc1ccc(-n2cncn2)cc1)c1ccc(C(=O)NC2Cc3ccccc3C2)s1. The van der Waals surface area contributed by atoms with E-state index in [0.717, 1.165) is 18.5 Å². The topological polar surface area (TPSA) is 88.9 Å². The molecular formula is C23H19N5O2S. The number of thiophene rings is 1. The molecule has 0 aliphatic heterocycles. The number of nitrogens with one attached hydrogen (secondary N) is 2. The fourth-order valence-corrected chi connectivity index (χ4v) is 4.54. The number of carbonyl (C=O) groups is 2. The molecule has 7 nitrogen and oxygen atoms in total. The summed E-state index contributed by atoms with van der Waals surface area (Å²) < 4.78 is 1.64. The lowest BCUT2D eigenvalue weighted by molar-refractivity contribution is 0.0942. The first-order valence-electron chi connectivity index (χ1n) is 9.89. The quantitative estimate of drug-likeness (QED) is 0.508. The van der Waals surface area contributed by atoms with Crippen molar-refractivity contribution in [3.63, 3.8) is 0 Å². The van der Waals surface area contributed by atoms with Crippen molar-refractivity contribution >= 4 is 28.8 Å². The van der Waals surface area contributed by atoms with E-state index in [9.17, 15) is 9.59 Å². The van der Waals surface area contributed by atoms with Gasteiger partial charge in [-0.3, -0.25) is 9.59 Å². The van der Waals surface area contributed by atoms with Gasteiger partial charge in [0.05, 0.1) is 15.4 Å². The van der Waals surface area contributed by atoms with Crippen LogP contribution in [0.4, 0.5) is 5.69 Å². The predicted molar refractivity (Wildman–Crippen MR) is 119 cm³/mol. The third kappa shape index (κ3) is 4.10. The Morgan fingerprint density at radius 2 is 1.58 bits per heavy atom. The fourth-order valence-electron chi connectivity index (χ4n) is 3.73. The van der Waals surface area contributed by atoms with Crippen LogP contribution in [0.25, 0.3) is 5.69 Å². The van der Waals surface area contributed by atoms with Gasteiger partial charge in [-0.25, -0.2) is 9.67 Å². The molecule has 0 radical (unpaired) electrons. The zero-order chi connectivity index (χ0) is 21.2. The standard InChI is InChI=1S/C23H19N5O2S/c29-22(26-17-5-7-19(8-6-17)28-14-24-13-25-28)20-9-10-21(31-20)23(30)27-18-11-15-3-1-2-4-16(15)12-18/h1-10,13-14,18H,11-12H2,(H,26,29)(H,27,30). The number of hydrogen-bond acceptors (Lipinski definition) is 5. The maximum absolute atomic E-state index is 12.7. The van der Waals surface area contributed by atoms with Gasteiger partial charge in [0.2, 0.25) is 0 Å². The number of amides is 2. The molecule has 0 saturated carbocycles. The monoisotopic (exact) mass is 429 g/mol. The van der Waals surface area contributed by atoms with Crippen LogP contribution in [-0.4, -0.2) is 32.6 Å². The van der Waals surface area contributed by atoms with Gasteiger partial charge >= 0.3 is 0 Å². The molecule has 2 N–H and O–H groups in total. The van der Waals surface area contributed by atoms with Gasteiger partial charge in [0.25, 0.3) is 11.8 Å². The first-order valence-corrected chi connectivity index (χ1v) is 10.7. The Morgan fingerprint density at radius 3 is 2.23 bits per heavy atom. The van der Waals surface area contributed by atoms with E-state index >= 15 is 0 Å². The first kappa shape index (κ1) is 19.2. The third-order valence-electron chi connectivity index (χ3n) is 5.25. The van der Waals surface area contributed by atoms with Gasteiger partial charge in [-0.2, -0.15) is 5.10 Å². The number of nitrogens with zero attached hydrogens (tertiary/aromatic N) is 3. The number of rotatable bonds is 5. The molecule has 0 unspecified atom stereocenters. The van der Waals surface area contributed by atoms with E-state index in [1.165, 1.54) is 28.8 Å². The van der Waals surface area contributed by atoms with E-state index < -0.39 is 0 Å². The Labute approximate surface area is 182 Å². The van der Waals surface area contributed by atoms with Gasteiger partial charge in [-0.05, 0) is 60.4 Å². The van der Waals surface area contributed by atoms with E-state index in [1.807, 2.05) is 24.3 Å². The number of fused-ring (bicyclic) bond motifs is 1. The zero-order valence-electron chi connectivity index (χ0n) is 16.5. The van der Waals surface area contributed by atoms with E-state index in [1.54, 1.807) is 35.3 Å². The van der Waals surface area contributed by atoms with Gasteiger partial charge < -0.3 is 10.6 Å². The van der Waals surface area contributed by atoms with Crippen molar-refractivity contribution < 1.29 is 9.59 Å². The minimum absolute atomic E-state index is 0.0905. The lowest BCUT2D eigenvalue weighted by Crippen LogP contribution is -2.34. The molecule has 0 bridgehead atoms. The third-order valence-corrected chi connectivity index (χ3v) is 6.33. The van der Waals surface area contributed by atoms with Crippen LogP contribution in [-0.2, 0) is 12.8 Å². The molecule has 4 aromatic rings. The van der Waals surface area contributed by atoms with Gasteiger partial charge in [0, 0.05) is 11.7 Å². The van der Waals surface area contributed by atoms with Gasteiger partial charge in [0.1, 0.15) is 12.7 Å². The number of hydrogen-bond donors (Lipinski definition) is 2. The van der Waals surface area contributed by atoms with Crippen LogP contribution < -0.4 is 10.6 Å². The molecule has 0 fully saturated rings. The highest BCUT2D eigenvalue weighted by atomic mass is 32.1. The van der Waals surface area contributed by atoms with Crippen LogP contribution in [0.5, 0.6) is 0 Å². The molecule has 0 atom stereocenters. The van der Waals surface area contributed by atoms with E-state index in [2.05, 4.69) is 32.8 Å². The van der Waals surface area contributed by atoms with Crippen molar-refractivity contribution in [2.24, 2.45) is 0 Å². The van der Waals surface area contributed by atoms with Crippen LogP contribution >= 0.6 is 11.3 Å². The van der Waals surface area contributed by atoms with Crippen molar-refractivity contribution in [3.05, 3.63) is 94.2 Å². The summed E-state index contributed by atoms with van der Waals surface area (Å²) in [5, 5.41) is 10.0. The summed E-state index contributed by atoms with van der Waals surface area (Å²) in [6.45, 7) is 0. The molecule has 2 aromatic heterocycles. The molecule has 2 heterocycles. The molecule has 0 saturated heterocycles. The second-order valence-corrected chi connectivity index (χ2v) is 8.44. The largest absolute Gasteiger partial charge is 0.348 e. The summed E-state index contributed by atoms with van der Waals surface area (Å²) in [6.07, 6.45) is 4.75. The minimum atomic E-state index is -0.245. The highest BCUT2D eigenvalue weighted by molar-refractivity contribution is 7.16. The average molecular weight is 430 g/mol. The fraction of sp³-hybridized carbons (Fsp3) is 0.130. The number of aromatic nitrogens is 3. The van der Waals surface area contributed by atoms with Crippen LogP contribution in [0.2, 0.25) is 0 Å². The maximum atomic E-state index is 12.7. The number of carbonyl (C=O) groups excluding carboxylic acids is 2. The molecular weight excluding hydrogens is 410 g/mol. The molecule has 8 heteroatoms. The molecule has 5 rings (SSSR count). The number of benzene rings is 2. The molecule has 154 valence electrons. The summed E-state index contributed by atoms with van der Waals surface area (Å²) >= 11 is 1.19. The Balaban J connectivity index is 1.20. The maximum Gasteiger partial charge on any atom is 0.265 e. The Kier molecular flexibility index (Phi) is 5.05. The van der Waals surface area contributed by atoms with E-state index in [0.29, 0.717) is 15.4 Å². The molecule has 31 heavy (non-hydrogen) atoms. The summed E-state index contributed by atoms with van der Waals surface area (Å²) in [4.78, 5) is 30.2. The van der Waals surface area contributed by atoms with Crippen molar-refractivity contribution in [1.82, 2.24) is 20.1 Å². The minimum Gasteiger partial charge on any atom is -0.348 e. The molecule has 1 aliphatic rings. The highest BCUT2D eigenvalue weighted by Crippen LogP contribution is 2.23. The second kappa shape index (κ2) is 8.16. The molecule has 0 spiro atoms. The highest BCUT2D eigenvalue weighted by Gasteiger charge is 2.23. The molecule has 2 amide bonds. The van der Waals surface area contributed by atoms with Crippen molar-refractivity contribution in [2.75, 3.05) is 5.32 Å². The Morgan fingerprint density at radius 1 is 0.903 bits per heavy atom. The average Bonchev–Trinajstić information content (AvgIpc) is 3.54. The van der Waals surface area contributed by atoms with E-state index in [-0.39, 0.29) is 17.9 Å². The smallest absolute Gasteiger partial charge is 0.265 e. The number of anilines is 1. The lowest BCUT2D eigenvalue weighted by atomic mass is 10.1. The van der Waals surface area contributed by atoms with Crippen LogP contribution in [0.15, 0.2) is 73.3 Å². The van der Waals surface area contributed by atoms with Crippen molar-refractivity contribution in [1.29, 1.82) is 0 Å². The van der Waals surface area contributed by atoms with Crippen molar-refractivity contribution in [3.8, 4) is 5.69 Å².